The predicted molar refractivity (Wildman–Crippen MR) is 131 cm³/mol. The standard InChI is InChI=1S/C25H35N3O3S/c1-4-32-23(17(2)26-3)19-12-10-18(11-13-19)15-27-24(30)22-14-21(29)16-28(22)25(31)20-8-6-5-7-9-20/h10-13,20-22,29H,3-9,14-16H2,1-2H3,(H,27,30)/b23-17-/t21-,22+/m1/s1. The highest BCUT2D eigenvalue weighted by Gasteiger charge is 2.41. The zero-order valence-corrected chi connectivity index (χ0v) is 20.0. The number of aliphatic hydroxyl groups excluding tert-OH is 1. The van der Waals surface area contributed by atoms with Gasteiger partial charge in [-0.05, 0) is 43.4 Å². The minimum atomic E-state index is -0.638. The van der Waals surface area contributed by atoms with Gasteiger partial charge in [0.1, 0.15) is 6.04 Å². The first-order valence-electron chi connectivity index (χ1n) is 11.6. The van der Waals surface area contributed by atoms with Crippen molar-refractivity contribution in [3.05, 3.63) is 41.1 Å². The van der Waals surface area contributed by atoms with Gasteiger partial charge in [-0.15, -0.1) is 11.8 Å². The molecule has 0 spiro atoms. The molecule has 1 saturated carbocycles. The van der Waals surface area contributed by atoms with E-state index in [2.05, 4.69) is 24.0 Å². The van der Waals surface area contributed by atoms with Gasteiger partial charge in [0.15, 0.2) is 0 Å². The summed E-state index contributed by atoms with van der Waals surface area (Å²) >= 11 is 1.73. The van der Waals surface area contributed by atoms with E-state index in [1.54, 1.807) is 16.7 Å². The summed E-state index contributed by atoms with van der Waals surface area (Å²) in [6.07, 6.45) is 4.75. The number of rotatable bonds is 8. The fraction of sp³-hybridized carbons (Fsp3) is 0.560. The molecule has 1 aromatic rings. The summed E-state index contributed by atoms with van der Waals surface area (Å²) in [5.41, 5.74) is 2.97. The van der Waals surface area contributed by atoms with Gasteiger partial charge in [-0.25, -0.2) is 0 Å². The number of hydrogen-bond acceptors (Lipinski definition) is 5. The Morgan fingerprint density at radius 1 is 1.22 bits per heavy atom. The molecule has 2 atom stereocenters. The van der Waals surface area contributed by atoms with Crippen molar-refractivity contribution in [1.29, 1.82) is 0 Å². The fourth-order valence-electron chi connectivity index (χ4n) is 4.58. The van der Waals surface area contributed by atoms with Crippen LogP contribution < -0.4 is 5.32 Å². The molecule has 7 heteroatoms. The van der Waals surface area contributed by atoms with E-state index in [4.69, 9.17) is 0 Å². The number of β-amino-alcohol motifs (C(OH)–C–C–N with tert-alkyl or cyclic N) is 1. The lowest BCUT2D eigenvalue weighted by atomic mass is 9.88. The van der Waals surface area contributed by atoms with E-state index in [1.165, 1.54) is 6.42 Å². The van der Waals surface area contributed by atoms with Gasteiger partial charge in [-0.2, -0.15) is 0 Å². The van der Waals surface area contributed by atoms with Crippen molar-refractivity contribution >= 4 is 35.2 Å². The second-order valence-electron chi connectivity index (χ2n) is 8.65. The quantitative estimate of drug-likeness (QED) is 0.579. The van der Waals surface area contributed by atoms with Crippen molar-refractivity contribution in [2.45, 2.75) is 71.1 Å². The molecule has 1 aliphatic carbocycles. The molecule has 3 rings (SSSR count). The summed E-state index contributed by atoms with van der Waals surface area (Å²) in [5.74, 6) is 0.783. The summed E-state index contributed by atoms with van der Waals surface area (Å²) in [7, 11) is 0. The van der Waals surface area contributed by atoms with Gasteiger partial charge in [0.2, 0.25) is 11.8 Å². The first-order chi connectivity index (χ1) is 15.4. The second-order valence-corrected chi connectivity index (χ2v) is 9.93. The first-order valence-corrected chi connectivity index (χ1v) is 12.6. The van der Waals surface area contributed by atoms with E-state index in [0.717, 1.165) is 53.2 Å². The van der Waals surface area contributed by atoms with Crippen molar-refractivity contribution in [3.8, 4) is 0 Å². The van der Waals surface area contributed by atoms with Crippen molar-refractivity contribution in [2.75, 3.05) is 12.3 Å². The molecule has 32 heavy (non-hydrogen) atoms. The van der Waals surface area contributed by atoms with Gasteiger partial charge >= 0.3 is 0 Å². The smallest absolute Gasteiger partial charge is 0.243 e. The molecule has 2 fully saturated rings. The van der Waals surface area contributed by atoms with Crippen LogP contribution in [0.5, 0.6) is 0 Å². The Morgan fingerprint density at radius 2 is 1.91 bits per heavy atom. The Bertz CT molecular complexity index is 846. The Balaban J connectivity index is 1.61. The topological polar surface area (TPSA) is 82.0 Å². The zero-order valence-electron chi connectivity index (χ0n) is 19.2. The van der Waals surface area contributed by atoms with E-state index in [0.29, 0.717) is 13.0 Å². The Labute approximate surface area is 195 Å². The van der Waals surface area contributed by atoms with E-state index >= 15 is 0 Å². The summed E-state index contributed by atoms with van der Waals surface area (Å²) in [5, 5.41) is 13.1. The van der Waals surface area contributed by atoms with Gasteiger partial charge < -0.3 is 15.3 Å². The van der Waals surface area contributed by atoms with Gasteiger partial charge in [0.05, 0.1) is 11.8 Å². The van der Waals surface area contributed by atoms with Crippen molar-refractivity contribution < 1.29 is 14.7 Å². The van der Waals surface area contributed by atoms with E-state index in [-0.39, 0.29) is 24.3 Å². The van der Waals surface area contributed by atoms with Crippen molar-refractivity contribution in [3.63, 3.8) is 0 Å². The maximum Gasteiger partial charge on any atom is 0.243 e. The highest BCUT2D eigenvalue weighted by atomic mass is 32.2. The molecule has 174 valence electrons. The van der Waals surface area contributed by atoms with Gasteiger partial charge in [0.25, 0.3) is 0 Å². The van der Waals surface area contributed by atoms with Gasteiger partial charge in [-0.3, -0.25) is 14.6 Å². The summed E-state index contributed by atoms with van der Waals surface area (Å²) in [6.45, 7) is 8.33. The molecule has 0 bridgehead atoms. The predicted octanol–water partition coefficient (Wildman–Crippen LogP) is 3.99. The normalized spacial score (nSPS) is 22.4. The highest BCUT2D eigenvalue weighted by molar-refractivity contribution is 8.08. The second kappa shape index (κ2) is 11.7. The zero-order chi connectivity index (χ0) is 23.1. The summed E-state index contributed by atoms with van der Waals surface area (Å²) < 4.78 is 0. The Hall–Kier alpha value is -2.12. The lowest BCUT2D eigenvalue weighted by molar-refractivity contribution is -0.142. The van der Waals surface area contributed by atoms with E-state index < -0.39 is 12.1 Å². The molecular weight excluding hydrogens is 422 g/mol. The van der Waals surface area contributed by atoms with Crippen LogP contribution in [0.2, 0.25) is 0 Å². The number of thioether (sulfide) groups is 1. The number of nitrogens with one attached hydrogen (secondary N) is 1. The third-order valence-electron chi connectivity index (χ3n) is 6.36. The Kier molecular flexibility index (Phi) is 8.93. The molecule has 2 amide bonds. The number of carbonyl (C=O) groups excluding carboxylic acids is 2. The number of carbonyl (C=O) groups is 2. The lowest BCUT2D eigenvalue weighted by Crippen LogP contribution is -2.48. The number of allylic oxidation sites excluding steroid dienone is 1. The van der Waals surface area contributed by atoms with Crippen LogP contribution in [0, 0.1) is 5.92 Å². The number of likely N-dealkylation sites (tertiary alicyclic amines) is 1. The highest BCUT2D eigenvalue weighted by Crippen LogP contribution is 2.31. The average Bonchev–Trinajstić information content (AvgIpc) is 3.22. The number of hydrogen-bond donors (Lipinski definition) is 2. The third kappa shape index (κ3) is 6.01. The van der Waals surface area contributed by atoms with Crippen LogP contribution in [-0.2, 0) is 16.1 Å². The monoisotopic (exact) mass is 457 g/mol. The van der Waals surface area contributed by atoms with Crippen LogP contribution in [0.4, 0.5) is 0 Å². The van der Waals surface area contributed by atoms with Gasteiger partial charge in [-0.1, -0.05) is 50.5 Å². The SMILES string of the molecule is C=N/C(C)=C(\SCC)c1ccc(CNC(=O)[C@@H]2C[C@@H](O)CN2C(=O)C2CCCCC2)cc1. The molecule has 0 unspecified atom stereocenters. The minimum absolute atomic E-state index is 0.00588. The number of aliphatic imine (C=N–C) groups is 1. The molecule has 1 aromatic carbocycles. The minimum Gasteiger partial charge on any atom is -0.391 e. The molecule has 0 radical (unpaired) electrons. The molecule has 0 aromatic heterocycles. The van der Waals surface area contributed by atoms with Gasteiger partial charge in [0, 0.05) is 30.3 Å². The number of aliphatic hydroxyl groups is 1. The Morgan fingerprint density at radius 3 is 2.53 bits per heavy atom. The molecular formula is C25H35N3O3S. The van der Waals surface area contributed by atoms with Crippen LogP contribution in [0.1, 0.15) is 63.5 Å². The van der Waals surface area contributed by atoms with Crippen LogP contribution in [-0.4, -0.2) is 53.0 Å². The average molecular weight is 458 g/mol. The van der Waals surface area contributed by atoms with Crippen LogP contribution >= 0.6 is 11.8 Å². The maximum absolute atomic E-state index is 13.0. The fourth-order valence-corrected chi connectivity index (χ4v) is 5.45. The molecule has 2 aliphatic rings. The van der Waals surface area contributed by atoms with Crippen LogP contribution in [0.25, 0.3) is 4.91 Å². The molecule has 1 heterocycles. The van der Waals surface area contributed by atoms with E-state index in [1.807, 2.05) is 31.2 Å². The third-order valence-corrected chi connectivity index (χ3v) is 7.46. The molecule has 1 aliphatic heterocycles. The molecule has 2 N–H and O–H groups in total. The largest absolute Gasteiger partial charge is 0.391 e. The molecule has 6 nitrogen and oxygen atoms in total. The van der Waals surface area contributed by atoms with Crippen molar-refractivity contribution in [1.82, 2.24) is 10.2 Å². The van der Waals surface area contributed by atoms with Crippen LogP contribution in [0.15, 0.2) is 35.0 Å². The summed E-state index contributed by atoms with van der Waals surface area (Å²) in [4.78, 5) is 32.7. The number of nitrogens with zero attached hydrogens (tertiary/aromatic N) is 2. The lowest BCUT2D eigenvalue weighted by Gasteiger charge is -2.29. The number of amides is 2. The molecule has 1 saturated heterocycles. The maximum atomic E-state index is 13.0. The number of benzene rings is 1. The summed E-state index contributed by atoms with van der Waals surface area (Å²) in [6, 6.07) is 7.47. The van der Waals surface area contributed by atoms with Crippen LogP contribution in [0.3, 0.4) is 0 Å². The van der Waals surface area contributed by atoms with E-state index in [9.17, 15) is 14.7 Å². The van der Waals surface area contributed by atoms with Crippen molar-refractivity contribution in [2.24, 2.45) is 10.9 Å². The first kappa shape index (κ1) is 24.5.